The first kappa shape index (κ1) is 14.5. The maximum absolute atomic E-state index is 12.1. The zero-order chi connectivity index (χ0) is 12.8. The van der Waals surface area contributed by atoms with E-state index in [1.54, 1.807) is 0 Å². The monoisotopic (exact) mass is 242 g/mol. The van der Waals surface area contributed by atoms with Gasteiger partial charge < -0.3 is 15.4 Å². The molecule has 17 heavy (non-hydrogen) atoms. The maximum Gasteiger partial charge on any atom is 0.227 e. The highest BCUT2D eigenvalue weighted by atomic mass is 16.5. The Kier molecular flexibility index (Phi) is 5.92. The van der Waals surface area contributed by atoms with Crippen molar-refractivity contribution in [1.29, 1.82) is 0 Å². The highest BCUT2D eigenvalue weighted by Gasteiger charge is 2.33. The van der Waals surface area contributed by atoms with Crippen molar-refractivity contribution in [3.8, 4) is 0 Å². The molecule has 0 spiro atoms. The Morgan fingerprint density at radius 3 is 2.71 bits per heavy atom. The van der Waals surface area contributed by atoms with E-state index in [4.69, 9.17) is 4.74 Å². The summed E-state index contributed by atoms with van der Waals surface area (Å²) in [5, 5.41) is 6.23. The van der Waals surface area contributed by atoms with Crippen molar-refractivity contribution in [2.45, 2.75) is 45.7 Å². The second kappa shape index (κ2) is 6.97. The van der Waals surface area contributed by atoms with Crippen LogP contribution >= 0.6 is 0 Å². The molecule has 1 fully saturated rings. The predicted octanol–water partition coefficient (Wildman–Crippen LogP) is 1.16. The molecule has 0 radical (unpaired) electrons. The van der Waals surface area contributed by atoms with Crippen molar-refractivity contribution in [3.05, 3.63) is 0 Å². The van der Waals surface area contributed by atoms with Crippen LogP contribution in [0.2, 0.25) is 0 Å². The molecule has 1 saturated heterocycles. The molecule has 0 aromatic rings. The first-order valence-electron chi connectivity index (χ1n) is 6.63. The van der Waals surface area contributed by atoms with E-state index in [9.17, 15) is 4.79 Å². The quantitative estimate of drug-likeness (QED) is 0.735. The average Bonchev–Trinajstić information content (AvgIpc) is 2.76. The number of likely N-dealkylation sites (N-methyl/N-ethyl adjacent to an activating group) is 1. The highest BCUT2D eigenvalue weighted by molar-refractivity contribution is 5.80. The van der Waals surface area contributed by atoms with Gasteiger partial charge in [0.15, 0.2) is 0 Å². The molecule has 4 nitrogen and oxygen atoms in total. The number of rotatable bonds is 6. The van der Waals surface area contributed by atoms with Crippen LogP contribution in [0.3, 0.4) is 0 Å². The van der Waals surface area contributed by atoms with Crippen LogP contribution in [0.15, 0.2) is 0 Å². The van der Waals surface area contributed by atoms with Crippen LogP contribution in [-0.4, -0.2) is 38.3 Å². The highest BCUT2D eigenvalue weighted by Crippen LogP contribution is 2.15. The van der Waals surface area contributed by atoms with E-state index in [0.717, 1.165) is 12.8 Å². The van der Waals surface area contributed by atoms with Crippen molar-refractivity contribution in [1.82, 2.24) is 10.6 Å². The fourth-order valence-corrected chi connectivity index (χ4v) is 2.28. The Morgan fingerprint density at radius 2 is 2.12 bits per heavy atom. The number of carbonyl (C=O) groups excluding carboxylic acids is 1. The molecule has 1 aliphatic heterocycles. The van der Waals surface area contributed by atoms with Crippen LogP contribution in [0.1, 0.15) is 33.6 Å². The number of hydrogen-bond donors (Lipinski definition) is 2. The minimum atomic E-state index is -0.0422. The smallest absolute Gasteiger partial charge is 0.227 e. The summed E-state index contributed by atoms with van der Waals surface area (Å²) >= 11 is 0. The van der Waals surface area contributed by atoms with Gasteiger partial charge in [-0.25, -0.2) is 0 Å². The second-order valence-electron chi connectivity index (χ2n) is 5.20. The van der Waals surface area contributed by atoms with Crippen LogP contribution in [0, 0.1) is 11.8 Å². The SMILES string of the molecule is CCC(C)CC(C)NC(=O)C1COCC1NC. The fraction of sp³-hybridized carbons (Fsp3) is 0.923. The zero-order valence-electron chi connectivity index (χ0n) is 11.5. The van der Waals surface area contributed by atoms with Gasteiger partial charge in [0.2, 0.25) is 5.91 Å². The molecule has 0 aromatic heterocycles. The van der Waals surface area contributed by atoms with Gasteiger partial charge in [0.25, 0.3) is 0 Å². The molecule has 4 atom stereocenters. The molecule has 0 aromatic carbocycles. The van der Waals surface area contributed by atoms with E-state index in [0.29, 0.717) is 19.1 Å². The molecule has 100 valence electrons. The predicted molar refractivity (Wildman–Crippen MR) is 68.8 cm³/mol. The van der Waals surface area contributed by atoms with Gasteiger partial charge in [-0.05, 0) is 26.3 Å². The van der Waals surface area contributed by atoms with E-state index < -0.39 is 0 Å². The summed E-state index contributed by atoms with van der Waals surface area (Å²) in [6, 6.07) is 0.404. The molecule has 2 N–H and O–H groups in total. The third kappa shape index (κ3) is 4.28. The minimum Gasteiger partial charge on any atom is -0.379 e. The number of carbonyl (C=O) groups is 1. The third-order valence-electron chi connectivity index (χ3n) is 3.63. The van der Waals surface area contributed by atoms with Crippen molar-refractivity contribution >= 4 is 5.91 Å². The first-order valence-corrected chi connectivity index (χ1v) is 6.63. The third-order valence-corrected chi connectivity index (χ3v) is 3.63. The lowest BCUT2D eigenvalue weighted by atomic mass is 9.98. The lowest BCUT2D eigenvalue weighted by Gasteiger charge is -2.21. The van der Waals surface area contributed by atoms with Gasteiger partial charge in [0.1, 0.15) is 0 Å². The molecule has 1 amide bonds. The second-order valence-corrected chi connectivity index (χ2v) is 5.20. The molecule has 4 heteroatoms. The molecular weight excluding hydrogens is 216 g/mol. The average molecular weight is 242 g/mol. The standard InChI is InChI=1S/C13H26N2O2/c1-5-9(2)6-10(3)15-13(16)11-7-17-8-12(11)14-4/h9-12,14H,5-8H2,1-4H3,(H,15,16). The van der Waals surface area contributed by atoms with E-state index in [1.807, 2.05) is 7.05 Å². The Balaban J connectivity index is 2.37. The summed E-state index contributed by atoms with van der Waals surface area (Å²) < 4.78 is 5.34. The van der Waals surface area contributed by atoms with Crippen LogP contribution < -0.4 is 10.6 Å². The molecule has 1 heterocycles. The molecule has 1 aliphatic rings. The van der Waals surface area contributed by atoms with Crippen LogP contribution in [0.5, 0.6) is 0 Å². The fourth-order valence-electron chi connectivity index (χ4n) is 2.28. The molecule has 1 rings (SSSR count). The lowest BCUT2D eigenvalue weighted by molar-refractivity contribution is -0.126. The summed E-state index contributed by atoms with van der Waals surface area (Å²) in [6.45, 7) is 7.65. The first-order chi connectivity index (χ1) is 8.08. The van der Waals surface area contributed by atoms with Gasteiger partial charge in [-0.15, -0.1) is 0 Å². The molecule has 0 aliphatic carbocycles. The number of nitrogens with one attached hydrogen (secondary N) is 2. The topological polar surface area (TPSA) is 50.4 Å². The van der Waals surface area contributed by atoms with E-state index in [1.165, 1.54) is 0 Å². The van der Waals surface area contributed by atoms with Crippen molar-refractivity contribution in [3.63, 3.8) is 0 Å². The van der Waals surface area contributed by atoms with Crippen LogP contribution in [0.4, 0.5) is 0 Å². The van der Waals surface area contributed by atoms with Crippen LogP contribution in [0.25, 0.3) is 0 Å². The molecule has 4 unspecified atom stereocenters. The Labute approximate surface area is 104 Å². The summed E-state index contributed by atoms with van der Waals surface area (Å²) in [7, 11) is 1.88. The number of ether oxygens (including phenoxy) is 1. The van der Waals surface area contributed by atoms with Crippen LogP contribution in [-0.2, 0) is 9.53 Å². The maximum atomic E-state index is 12.1. The van der Waals surface area contributed by atoms with Crippen molar-refractivity contribution < 1.29 is 9.53 Å². The molecule has 0 bridgehead atoms. The normalized spacial score (nSPS) is 27.8. The Bertz CT molecular complexity index is 246. The summed E-state index contributed by atoms with van der Waals surface area (Å²) in [6.07, 6.45) is 2.20. The van der Waals surface area contributed by atoms with Crippen molar-refractivity contribution in [2.24, 2.45) is 11.8 Å². The molecule has 0 saturated carbocycles. The van der Waals surface area contributed by atoms with Gasteiger partial charge >= 0.3 is 0 Å². The van der Waals surface area contributed by atoms with Gasteiger partial charge in [-0.3, -0.25) is 4.79 Å². The molecular formula is C13H26N2O2. The summed E-state index contributed by atoms with van der Waals surface area (Å²) in [5.41, 5.74) is 0. The van der Waals surface area contributed by atoms with Gasteiger partial charge in [0, 0.05) is 12.1 Å². The van der Waals surface area contributed by atoms with Crippen molar-refractivity contribution in [2.75, 3.05) is 20.3 Å². The summed E-state index contributed by atoms with van der Waals surface area (Å²) in [5.74, 6) is 0.738. The van der Waals surface area contributed by atoms with Gasteiger partial charge in [0.05, 0.1) is 19.1 Å². The number of amides is 1. The Morgan fingerprint density at radius 1 is 1.41 bits per heavy atom. The largest absolute Gasteiger partial charge is 0.379 e. The van der Waals surface area contributed by atoms with E-state index in [-0.39, 0.29) is 23.9 Å². The van der Waals surface area contributed by atoms with Gasteiger partial charge in [-0.2, -0.15) is 0 Å². The number of hydrogen-bond acceptors (Lipinski definition) is 3. The summed E-state index contributed by atoms with van der Waals surface area (Å²) in [4.78, 5) is 12.1. The lowest BCUT2D eigenvalue weighted by Crippen LogP contribution is -2.45. The van der Waals surface area contributed by atoms with Gasteiger partial charge in [-0.1, -0.05) is 20.3 Å². The van der Waals surface area contributed by atoms with E-state index in [2.05, 4.69) is 31.4 Å². The zero-order valence-corrected chi connectivity index (χ0v) is 11.5. The Hall–Kier alpha value is -0.610. The van der Waals surface area contributed by atoms with E-state index >= 15 is 0 Å². The minimum absolute atomic E-state index is 0.0422.